The first-order valence-corrected chi connectivity index (χ1v) is 18.5. The van der Waals surface area contributed by atoms with Gasteiger partial charge in [-0.2, -0.15) is 114 Å². The van der Waals surface area contributed by atoms with E-state index in [0.717, 1.165) is 0 Å². The molecule has 0 saturated carbocycles. The quantitative estimate of drug-likeness (QED) is 0.111. The van der Waals surface area contributed by atoms with E-state index in [4.69, 9.17) is 4.12 Å². The second kappa shape index (κ2) is 12.6. The Morgan fingerprint density at radius 2 is 0.490 bits per heavy atom. The average Bonchev–Trinajstić information content (AvgIpc) is 2.83. The first kappa shape index (κ1) is 47.6. The molecule has 0 aromatic rings. The number of alkyl halides is 26. The van der Waals surface area contributed by atoms with Crippen molar-refractivity contribution in [2.75, 3.05) is 0 Å². The summed E-state index contributed by atoms with van der Waals surface area (Å²) in [4.78, 5) is 0. The lowest BCUT2D eigenvalue weighted by molar-refractivity contribution is -0.439. The highest BCUT2D eigenvalue weighted by molar-refractivity contribution is 6.84. The standard InChI is InChI=1S/C20H20F26OSi2/c1-48(2,7-5-9(21,22)11(25,26)13(29,30)15(33,34)17(37,38)19(41,42)43)47-49(3,4)8-6-10(23,24)12(27,28)14(31,32)16(35,36)18(39,40)20(44,45)46/h5-8H2,1-4H3. The van der Waals surface area contributed by atoms with E-state index in [2.05, 4.69) is 0 Å². The van der Waals surface area contributed by atoms with Crippen molar-refractivity contribution in [1.29, 1.82) is 0 Å². The van der Waals surface area contributed by atoms with Gasteiger partial charge in [-0.25, -0.2) is 0 Å². The van der Waals surface area contributed by atoms with Crippen LogP contribution in [0, 0.1) is 0 Å². The minimum absolute atomic E-state index is 0.585. The average molecular weight is 826 g/mol. The molecule has 0 fully saturated rings. The maximum absolute atomic E-state index is 14.1. The summed E-state index contributed by atoms with van der Waals surface area (Å²) < 4.78 is 350. The smallest absolute Gasteiger partial charge is 0.455 e. The lowest BCUT2D eigenvalue weighted by atomic mass is 9.93. The van der Waals surface area contributed by atoms with Crippen molar-refractivity contribution < 1.29 is 118 Å². The van der Waals surface area contributed by atoms with Crippen LogP contribution in [0.4, 0.5) is 114 Å². The highest BCUT2D eigenvalue weighted by Gasteiger charge is 2.92. The van der Waals surface area contributed by atoms with Crippen LogP contribution < -0.4 is 0 Å². The Labute approximate surface area is 258 Å². The predicted molar refractivity (Wildman–Crippen MR) is 116 cm³/mol. The molecule has 0 spiro atoms. The van der Waals surface area contributed by atoms with Crippen LogP contribution in [0.2, 0.25) is 38.3 Å². The van der Waals surface area contributed by atoms with Gasteiger partial charge in [0.05, 0.1) is 0 Å². The van der Waals surface area contributed by atoms with Crippen molar-refractivity contribution in [1.82, 2.24) is 0 Å². The van der Waals surface area contributed by atoms with Crippen molar-refractivity contribution >= 4 is 16.6 Å². The SMILES string of the molecule is C[Si](C)(CCC(F)(F)C(F)(F)C(F)(F)C(F)(F)C(F)(F)C(F)(F)F)O[Si](C)(C)CCC(F)(F)C(F)(F)C(F)(F)C(F)(F)C(F)(F)C(F)(F)F. The van der Waals surface area contributed by atoms with E-state index in [1.165, 1.54) is 0 Å². The van der Waals surface area contributed by atoms with Gasteiger partial charge in [-0.05, 0) is 38.3 Å². The first-order valence-electron chi connectivity index (χ1n) is 12.2. The van der Waals surface area contributed by atoms with Gasteiger partial charge >= 0.3 is 71.6 Å². The van der Waals surface area contributed by atoms with Crippen LogP contribution in [-0.4, -0.2) is 88.2 Å². The molecule has 0 aliphatic rings. The van der Waals surface area contributed by atoms with E-state index in [9.17, 15) is 114 Å². The second-order valence-corrected chi connectivity index (χ2v) is 20.5. The van der Waals surface area contributed by atoms with Crippen molar-refractivity contribution in [3.63, 3.8) is 0 Å². The van der Waals surface area contributed by atoms with Crippen LogP contribution in [0.3, 0.4) is 0 Å². The van der Waals surface area contributed by atoms with E-state index in [-0.39, 0.29) is 0 Å². The van der Waals surface area contributed by atoms with Gasteiger partial charge in [0.15, 0.2) is 16.6 Å². The third kappa shape index (κ3) is 7.85. The maximum atomic E-state index is 14.1. The summed E-state index contributed by atoms with van der Waals surface area (Å²) in [6.07, 6.45) is -21.0. The summed E-state index contributed by atoms with van der Waals surface area (Å²) in [5.74, 6) is -77.4. The molecule has 49 heavy (non-hydrogen) atoms. The molecule has 0 N–H and O–H groups in total. The Hall–Kier alpha value is -1.43. The fourth-order valence-electron chi connectivity index (χ4n) is 3.68. The molecule has 0 radical (unpaired) electrons. The predicted octanol–water partition coefficient (Wildman–Crippen LogP) is 11.7. The van der Waals surface area contributed by atoms with Crippen molar-refractivity contribution in [2.24, 2.45) is 0 Å². The molecule has 0 amide bonds. The number of rotatable bonds is 16. The molecule has 0 bridgehead atoms. The summed E-state index contributed by atoms with van der Waals surface area (Å²) >= 11 is 0. The molecule has 0 heterocycles. The minimum Gasteiger partial charge on any atom is -0.455 e. The monoisotopic (exact) mass is 826 g/mol. The summed E-state index contributed by atoms with van der Waals surface area (Å²) in [6, 6.07) is -3.49. The fraction of sp³-hybridized carbons (Fsp3) is 1.00. The van der Waals surface area contributed by atoms with Gasteiger partial charge in [0.1, 0.15) is 0 Å². The van der Waals surface area contributed by atoms with Crippen LogP contribution in [0.1, 0.15) is 12.8 Å². The first-order chi connectivity index (χ1) is 20.6. The summed E-state index contributed by atoms with van der Waals surface area (Å²) in [7, 11) is -8.78. The molecule has 29 heteroatoms. The van der Waals surface area contributed by atoms with E-state index < -0.39 is 113 Å². The molecule has 0 aliphatic carbocycles. The Morgan fingerprint density at radius 3 is 0.673 bits per heavy atom. The number of halogens is 26. The molecular formula is C20H20F26OSi2. The van der Waals surface area contributed by atoms with E-state index in [1.807, 2.05) is 0 Å². The molecule has 0 aliphatic heterocycles. The molecule has 296 valence electrons. The molecule has 0 rings (SSSR count). The van der Waals surface area contributed by atoms with E-state index in [1.54, 1.807) is 0 Å². The van der Waals surface area contributed by atoms with Gasteiger partial charge in [-0.1, -0.05) is 0 Å². The third-order valence-corrected chi connectivity index (χ3v) is 14.0. The largest absolute Gasteiger partial charge is 0.460 e. The van der Waals surface area contributed by atoms with Crippen molar-refractivity contribution in [3.8, 4) is 0 Å². The lowest BCUT2D eigenvalue weighted by Crippen LogP contribution is -2.70. The van der Waals surface area contributed by atoms with Crippen LogP contribution >= 0.6 is 0 Å². The molecule has 1 nitrogen and oxygen atoms in total. The zero-order valence-electron chi connectivity index (χ0n) is 24.1. The zero-order valence-corrected chi connectivity index (χ0v) is 26.1. The topological polar surface area (TPSA) is 9.23 Å². The van der Waals surface area contributed by atoms with Crippen molar-refractivity contribution in [3.05, 3.63) is 0 Å². The van der Waals surface area contributed by atoms with E-state index in [0.29, 0.717) is 26.2 Å². The van der Waals surface area contributed by atoms with Crippen molar-refractivity contribution in [2.45, 2.75) is 123 Å². The van der Waals surface area contributed by atoms with Gasteiger partial charge in [0.2, 0.25) is 0 Å². The fourth-order valence-corrected chi connectivity index (χ4v) is 12.3. The van der Waals surface area contributed by atoms with Crippen LogP contribution in [0.5, 0.6) is 0 Å². The lowest BCUT2D eigenvalue weighted by Gasteiger charge is -2.41. The third-order valence-electron chi connectivity index (χ3n) is 6.63. The molecule has 0 unspecified atom stereocenters. The van der Waals surface area contributed by atoms with Gasteiger partial charge in [-0.15, -0.1) is 0 Å². The Balaban J connectivity index is 6.14. The van der Waals surface area contributed by atoms with E-state index >= 15 is 0 Å². The Kier molecular flexibility index (Phi) is 12.2. The second-order valence-electron chi connectivity index (χ2n) is 11.6. The van der Waals surface area contributed by atoms with Gasteiger partial charge in [0.25, 0.3) is 0 Å². The molecule has 0 aromatic heterocycles. The van der Waals surface area contributed by atoms with Crippen LogP contribution in [-0.2, 0) is 4.12 Å². The number of hydrogen-bond acceptors (Lipinski definition) is 1. The summed E-state index contributed by atoms with van der Waals surface area (Å²) in [5, 5.41) is 0. The van der Waals surface area contributed by atoms with Gasteiger partial charge in [0, 0.05) is 12.8 Å². The summed E-state index contributed by atoms with van der Waals surface area (Å²) in [5.41, 5.74) is 0. The molecular weight excluding hydrogens is 806 g/mol. The maximum Gasteiger partial charge on any atom is 0.460 e. The van der Waals surface area contributed by atoms with Gasteiger partial charge in [-0.3, -0.25) is 0 Å². The normalized spacial score (nSPS) is 16.8. The number of hydrogen-bond donors (Lipinski definition) is 0. The Morgan fingerprint density at radius 1 is 0.306 bits per heavy atom. The molecule has 0 aromatic carbocycles. The highest BCUT2D eigenvalue weighted by Crippen LogP contribution is 2.62. The zero-order chi connectivity index (χ0) is 40.5. The highest BCUT2D eigenvalue weighted by atomic mass is 28.4. The van der Waals surface area contributed by atoms with Crippen LogP contribution in [0.15, 0.2) is 0 Å². The van der Waals surface area contributed by atoms with Gasteiger partial charge < -0.3 is 4.12 Å². The molecule has 0 saturated heterocycles. The Bertz CT molecular complexity index is 1060. The molecule has 0 atom stereocenters. The minimum atomic E-state index is -8.22. The summed E-state index contributed by atoms with van der Waals surface area (Å²) in [6.45, 7) is 2.34. The van der Waals surface area contributed by atoms with Crippen LogP contribution in [0.25, 0.3) is 0 Å².